The van der Waals surface area contributed by atoms with Gasteiger partial charge in [-0.3, -0.25) is 0 Å². The predicted molar refractivity (Wildman–Crippen MR) is 87.0 cm³/mol. The molecule has 0 aliphatic rings. The van der Waals surface area contributed by atoms with E-state index in [4.69, 9.17) is 0 Å². The van der Waals surface area contributed by atoms with Crippen LogP contribution in [-0.4, -0.2) is 0 Å². The number of alkyl halides is 4. The zero-order chi connectivity index (χ0) is 21.4. The van der Waals surface area contributed by atoms with E-state index in [1.807, 2.05) is 0 Å². The zero-order valence-corrected chi connectivity index (χ0v) is 14.2. The summed E-state index contributed by atoms with van der Waals surface area (Å²) in [6, 6.07) is 11.0. The first-order valence-electron chi connectivity index (χ1n) is 7.99. The van der Waals surface area contributed by atoms with Gasteiger partial charge in [0, 0.05) is 5.56 Å². The van der Waals surface area contributed by atoms with Crippen LogP contribution >= 0.6 is 0 Å². The Kier molecular flexibility index (Phi) is 5.25. The van der Waals surface area contributed by atoms with Gasteiger partial charge < -0.3 is 4.74 Å². The van der Waals surface area contributed by atoms with Gasteiger partial charge in [0.2, 0.25) is 17.4 Å². The van der Waals surface area contributed by atoms with E-state index >= 15 is 0 Å². The molecule has 0 heterocycles. The summed E-state index contributed by atoms with van der Waals surface area (Å²) in [4.78, 5) is 0. The molecule has 0 N–H and O–H groups in total. The van der Waals surface area contributed by atoms with E-state index in [1.54, 1.807) is 0 Å². The summed E-state index contributed by atoms with van der Waals surface area (Å²) in [6.45, 7) is 0. The quantitative estimate of drug-likeness (QED) is 0.323. The maximum absolute atomic E-state index is 14.5. The molecule has 3 rings (SSSR count). The molecule has 0 fully saturated rings. The highest BCUT2D eigenvalue weighted by atomic mass is 19.3. The van der Waals surface area contributed by atoms with Crippen molar-refractivity contribution in [2.45, 2.75) is 11.8 Å². The molecular weight excluding hydrogens is 408 g/mol. The van der Waals surface area contributed by atoms with Crippen LogP contribution in [0.3, 0.4) is 0 Å². The molecule has 0 aliphatic carbocycles. The monoisotopic (exact) mass is 418 g/mol. The van der Waals surface area contributed by atoms with Gasteiger partial charge in [0.15, 0.2) is 11.6 Å². The number of hydrogen-bond donors (Lipinski definition) is 0. The number of hydrogen-bond acceptors (Lipinski definition) is 1. The molecule has 0 radical (unpaired) electrons. The molecule has 0 atom stereocenters. The molecule has 9 heteroatoms. The Morgan fingerprint density at radius 3 is 1.48 bits per heavy atom. The van der Waals surface area contributed by atoms with Crippen LogP contribution < -0.4 is 4.74 Å². The normalized spacial score (nSPS) is 12.1. The van der Waals surface area contributed by atoms with Crippen molar-refractivity contribution in [3.05, 3.63) is 95.1 Å². The average Bonchev–Trinajstić information content (AvgIpc) is 2.71. The van der Waals surface area contributed by atoms with Gasteiger partial charge in [0.1, 0.15) is 11.3 Å². The highest BCUT2D eigenvalue weighted by molar-refractivity contribution is 5.41. The van der Waals surface area contributed by atoms with Crippen molar-refractivity contribution in [2.75, 3.05) is 0 Å². The fourth-order valence-electron chi connectivity index (χ4n) is 2.57. The molecule has 3 aromatic carbocycles. The van der Waals surface area contributed by atoms with Crippen molar-refractivity contribution >= 4 is 0 Å². The first kappa shape index (κ1) is 20.6. The van der Waals surface area contributed by atoms with Crippen molar-refractivity contribution in [3.8, 4) is 11.5 Å². The predicted octanol–water partition coefficient (Wildman–Crippen LogP) is 6.92. The molecule has 29 heavy (non-hydrogen) atoms. The lowest BCUT2D eigenvalue weighted by Crippen LogP contribution is -2.38. The molecule has 0 aliphatic heterocycles. The van der Waals surface area contributed by atoms with E-state index in [0.29, 0.717) is 12.1 Å². The van der Waals surface area contributed by atoms with E-state index in [2.05, 4.69) is 4.74 Å². The van der Waals surface area contributed by atoms with Crippen molar-refractivity contribution in [1.29, 1.82) is 0 Å². The van der Waals surface area contributed by atoms with Crippen LogP contribution in [0.5, 0.6) is 11.5 Å². The van der Waals surface area contributed by atoms with Gasteiger partial charge in [-0.2, -0.15) is 26.3 Å². The fraction of sp³-hybridized carbons (Fsp3) is 0.100. The molecule has 0 saturated carbocycles. The Morgan fingerprint density at radius 2 is 1.00 bits per heavy atom. The van der Waals surface area contributed by atoms with E-state index in [9.17, 15) is 35.1 Å². The Labute approximate surface area is 159 Å². The van der Waals surface area contributed by atoms with Gasteiger partial charge in [-0.25, -0.2) is 8.78 Å². The summed E-state index contributed by atoms with van der Waals surface area (Å²) in [5.74, 6) is -22.8. The molecule has 0 saturated heterocycles. The summed E-state index contributed by atoms with van der Waals surface area (Å²) in [6.07, 6.45) is 0. The summed E-state index contributed by atoms with van der Waals surface area (Å²) >= 11 is 0. The minimum Gasteiger partial charge on any atom is -0.451 e. The smallest absolute Gasteiger partial charge is 0.345 e. The van der Waals surface area contributed by atoms with E-state index in [0.717, 1.165) is 12.1 Å². The summed E-state index contributed by atoms with van der Waals surface area (Å²) in [5, 5.41) is 0. The Hall–Kier alpha value is -3.10. The summed E-state index contributed by atoms with van der Waals surface area (Å²) < 4.78 is 119. The van der Waals surface area contributed by atoms with Crippen molar-refractivity contribution in [2.24, 2.45) is 0 Å². The number of benzene rings is 3. The minimum absolute atomic E-state index is 0.266. The average molecular weight is 418 g/mol. The Morgan fingerprint density at radius 1 is 0.552 bits per heavy atom. The van der Waals surface area contributed by atoms with Gasteiger partial charge in [0.25, 0.3) is 0 Å². The topological polar surface area (TPSA) is 9.23 Å². The SMILES string of the molecule is Fc1c(F)c(C(F)(F)C(F)(F)c2ccccc2)c(F)c(F)c1Oc1ccccc1. The van der Waals surface area contributed by atoms with Crippen molar-refractivity contribution < 1.29 is 39.9 Å². The van der Waals surface area contributed by atoms with E-state index < -0.39 is 52.0 Å². The van der Waals surface area contributed by atoms with Crippen LogP contribution in [0.2, 0.25) is 0 Å². The molecule has 0 spiro atoms. The van der Waals surface area contributed by atoms with Gasteiger partial charge in [-0.1, -0.05) is 48.5 Å². The lowest BCUT2D eigenvalue weighted by molar-refractivity contribution is -0.227. The standard InChI is InChI=1S/C20H10F8O/c21-14-13(20(27,28)19(25,26)11-7-3-1-4-8-11)15(22)17(24)18(16(14)23)29-12-9-5-2-6-10-12/h1-10H. The first-order chi connectivity index (χ1) is 13.6. The molecule has 152 valence electrons. The van der Waals surface area contributed by atoms with Gasteiger partial charge >= 0.3 is 11.8 Å². The van der Waals surface area contributed by atoms with Crippen molar-refractivity contribution in [1.82, 2.24) is 0 Å². The third-order valence-corrected chi connectivity index (χ3v) is 4.03. The van der Waals surface area contributed by atoms with E-state index in [-0.39, 0.29) is 5.75 Å². The van der Waals surface area contributed by atoms with Crippen LogP contribution in [0.4, 0.5) is 35.1 Å². The molecular formula is C20H10F8O. The lowest BCUT2D eigenvalue weighted by atomic mass is 9.94. The molecule has 0 unspecified atom stereocenters. The van der Waals surface area contributed by atoms with E-state index in [1.165, 1.54) is 36.4 Å². The highest BCUT2D eigenvalue weighted by Gasteiger charge is 2.62. The second kappa shape index (κ2) is 7.38. The van der Waals surface area contributed by atoms with Crippen LogP contribution in [0.15, 0.2) is 60.7 Å². The maximum atomic E-state index is 14.5. The third kappa shape index (κ3) is 3.41. The van der Waals surface area contributed by atoms with Gasteiger partial charge in [0.05, 0.1) is 0 Å². The molecule has 3 aromatic rings. The molecule has 1 nitrogen and oxygen atoms in total. The molecule has 0 bridgehead atoms. The second-order valence-corrected chi connectivity index (χ2v) is 5.89. The van der Waals surface area contributed by atoms with Gasteiger partial charge in [-0.05, 0) is 12.1 Å². The maximum Gasteiger partial charge on any atom is 0.345 e. The third-order valence-electron chi connectivity index (χ3n) is 4.03. The number of rotatable bonds is 5. The summed E-state index contributed by atoms with van der Waals surface area (Å²) in [7, 11) is 0. The fourth-order valence-corrected chi connectivity index (χ4v) is 2.57. The van der Waals surface area contributed by atoms with Gasteiger partial charge in [-0.15, -0.1) is 0 Å². The minimum atomic E-state index is -5.62. The number of halogens is 8. The highest BCUT2D eigenvalue weighted by Crippen LogP contribution is 2.52. The van der Waals surface area contributed by atoms with Crippen LogP contribution in [0.1, 0.15) is 11.1 Å². The molecule has 0 aromatic heterocycles. The zero-order valence-electron chi connectivity index (χ0n) is 14.2. The Bertz CT molecular complexity index is 991. The van der Waals surface area contributed by atoms with Crippen LogP contribution in [0.25, 0.3) is 0 Å². The van der Waals surface area contributed by atoms with Crippen molar-refractivity contribution in [3.63, 3.8) is 0 Å². The molecule has 0 amide bonds. The number of para-hydroxylation sites is 1. The largest absolute Gasteiger partial charge is 0.451 e. The Balaban J connectivity index is 2.15. The second-order valence-electron chi connectivity index (χ2n) is 5.89. The van der Waals surface area contributed by atoms with Crippen LogP contribution in [-0.2, 0) is 11.8 Å². The summed E-state index contributed by atoms with van der Waals surface area (Å²) in [5.41, 5.74) is -4.03. The number of ether oxygens (including phenoxy) is 1. The van der Waals surface area contributed by atoms with Crippen LogP contribution in [0, 0.1) is 23.3 Å². The lowest BCUT2D eigenvalue weighted by Gasteiger charge is -2.28. The first-order valence-corrected chi connectivity index (χ1v) is 7.99.